The lowest BCUT2D eigenvalue weighted by atomic mass is 11.2. The lowest BCUT2D eigenvalue weighted by Gasteiger charge is -1.85. The summed E-state index contributed by atoms with van der Waals surface area (Å²) in [6, 6.07) is 0. The van der Waals surface area contributed by atoms with E-state index in [2.05, 4.69) is 11.3 Å². The average molecular weight is 184 g/mol. The van der Waals surface area contributed by atoms with Crippen LogP contribution in [0.25, 0.3) is 0 Å². The van der Waals surface area contributed by atoms with E-state index in [0.29, 0.717) is 0 Å². The molecule has 0 aromatic rings. The Morgan fingerprint density at radius 1 is 2.00 bits per heavy atom. The molecule has 0 rings (SSSR count). The van der Waals surface area contributed by atoms with Crippen LogP contribution in [-0.2, 0) is 4.74 Å². The molecular formula is C3H5IO. The van der Waals surface area contributed by atoms with Crippen LogP contribution in [0.4, 0.5) is 0 Å². The second kappa shape index (κ2) is 2.50. The van der Waals surface area contributed by atoms with Crippen LogP contribution in [0.1, 0.15) is 0 Å². The highest BCUT2D eigenvalue weighted by molar-refractivity contribution is 14.1. The normalized spacial score (nSPS) is 6.80. The van der Waals surface area contributed by atoms with Crippen molar-refractivity contribution in [3.63, 3.8) is 0 Å². The van der Waals surface area contributed by atoms with Crippen molar-refractivity contribution in [2.45, 2.75) is 0 Å². The summed E-state index contributed by atoms with van der Waals surface area (Å²) < 4.78 is 5.27. The number of ether oxygens (including phenoxy) is 1. The van der Waals surface area contributed by atoms with Crippen molar-refractivity contribution in [3.8, 4) is 0 Å². The van der Waals surface area contributed by atoms with Gasteiger partial charge in [0.05, 0.1) is 7.11 Å². The third-order valence-corrected chi connectivity index (χ3v) is 0.662. The summed E-state index contributed by atoms with van der Waals surface area (Å²) in [6.45, 7) is 3.44. The molecule has 0 aromatic carbocycles. The van der Waals surface area contributed by atoms with Gasteiger partial charge in [0.1, 0.15) is 3.77 Å². The maximum Gasteiger partial charge on any atom is 0.149 e. The Kier molecular flexibility index (Phi) is 2.64. The van der Waals surface area contributed by atoms with Gasteiger partial charge >= 0.3 is 0 Å². The fourth-order valence-electron chi connectivity index (χ4n) is 0. The van der Waals surface area contributed by atoms with E-state index in [9.17, 15) is 0 Å². The first kappa shape index (κ1) is 5.27. The van der Waals surface area contributed by atoms with Gasteiger partial charge in [0, 0.05) is 0 Å². The van der Waals surface area contributed by atoms with E-state index in [1.54, 1.807) is 7.11 Å². The Hall–Kier alpha value is 0.270. The summed E-state index contributed by atoms with van der Waals surface area (Å²) in [5.74, 6) is 0. The number of hydrogen-bond acceptors (Lipinski definition) is 1. The molecule has 0 saturated carbocycles. The van der Waals surface area contributed by atoms with Gasteiger partial charge in [-0.1, -0.05) is 6.58 Å². The molecule has 0 saturated heterocycles. The maximum absolute atomic E-state index is 4.54. The van der Waals surface area contributed by atoms with Crippen molar-refractivity contribution in [1.82, 2.24) is 0 Å². The van der Waals surface area contributed by atoms with Crippen molar-refractivity contribution in [2.24, 2.45) is 0 Å². The molecule has 30 valence electrons. The van der Waals surface area contributed by atoms with Crippen molar-refractivity contribution in [3.05, 3.63) is 10.3 Å². The Morgan fingerprint density at radius 2 is 2.20 bits per heavy atom. The first-order valence-corrected chi connectivity index (χ1v) is 2.23. The van der Waals surface area contributed by atoms with Gasteiger partial charge in [0.25, 0.3) is 0 Å². The van der Waals surface area contributed by atoms with Gasteiger partial charge in [-0.05, 0) is 22.6 Å². The minimum Gasteiger partial charge on any atom is -0.491 e. The molecule has 0 N–H and O–H groups in total. The summed E-state index contributed by atoms with van der Waals surface area (Å²) in [5.41, 5.74) is 0. The fourth-order valence-corrected chi connectivity index (χ4v) is 0. The van der Waals surface area contributed by atoms with E-state index in [4.69, 9.17) is 0 Å². The maximum atomic E-state index is 4.54. The number of rotatable bonds is 1. The van der Waals surface area contributed by atoms with Crippen molar-refractivity contribution in [2.75, 3.05) is 7.11 Å². The van der Waals surface area contributed by atoms with Crippen LogP contribution in [-0.4, -0.2) is 7.11 Å². The first-order chi connectivity index (χ1) is 2.27. The van der Waals surface area contributed by atoms with Gasteiger partial charge in [-0.15, -0.1) is 0 Å². The molecule has 0 aliphatic heterocycles. The zero-order chi connectivity index (χ0) is 4.28. The largest absolute Gasteiger partial charge is 0.491 e. The number of hydrogen-bond donors (Lipinski definition) is 0. The molecule has 0 aromatic heterocycles. The summed E-state index contributed by atoms with van der Waals surface area (Å²) in [4.78, 5) is 0. The highest BCUT2D eigenvalue weighted by atomic mass is 127. The van der Waals surface area contributed by atoms with Crippen LogP contribution in [0.5, 0.6) is 0 Å². The summed E-state index contributed by atoms with van der Waals surface area (Å²) >= 11 is 1.99. The SMILES string of the molecule is C=C(I)OC. The minimum atomic E-state index is 0.725. The molecule has 0 aliphatic carbocycles. The predicted molar refractivity (Wildman–Crippen MR) is 30.2 cm³/mol. The lowest BCUT2D eigenvalue weighted by Crippen LogP contribution is -1.65. The quantitative estimate of drug-likeness (QED) is 0.443. The number of halogens is 1. The molecule has 0 amide bonds. The Balaban J connectivity index is 2.85. The van der Waals surface area contributed by atoms with Crippen molar-refractivity contribution >= 4 is 22.6 Å². The first-order valence-electron chi connectivity index (χ1n) is 1.15. The van der Waals surface area contributed by atoms with E-state index >= 15 is 0 Å². The molecule has 5 heavy (non-hydrogen) atoms. The van der Waals surface area contributed by atoms with Gasteiger partial charge in [-0.3, -0.25) is 0 Å². The van der Waals surface area contributed by atoms with Crippen LogP contribution in [0, 0.1) is 0 Å². The summed E-state index contributed by atoms with van der Waals surface area (Å²) in [7, 11) is 1.59. The zero-order valence-electron chi connectivity index (χ0n) is 2.99. The monoisotopic (exact) mass is 184 g/mol. The molecular weight excluding hydrogens is 179 g/mol. The topological polar surface area (TPSA) is 9.23 Å². The second-order valence-electron chi connectivity index (χ2n) is 0.559. The standard InChI is InChI=1S/C3H5IO/c1-3(4)5-2/h1H2,2H3. The summed E-state index contributed by atoms with van der Waals surface area (Å²) in [5, 5.41) is 0. The van der Waals surface area contributed by atoms with Crippen molar-refractivity contribution in [1.29, 1.82) is 0 Å². The lowest BCUT2D eigenvalue weighted by molar-refractivity contribution is 0.333. The van der Waals surface area contributed by atoms with E-state index in [1.807, 2.05) is 22.6 Å². The Bertz CT molecular complexity index is 42.2. The number of methoxy groups -OCH3 is 1. The Labute approximate surface area is 45.2 Å². The molecule has 0 atom stereocenters. The molecule has 0 fully saturated rings. The predicted octanol–water partition coefficient (Wildman–Crippen LogP) is 1.54. The molecule has 1 nitrogen and oxygen atoms in total. The Morgan fingerprint density at radius 3 is 2.20 bits per heavy atom. The van der Waals surface area contributed by atoms with Crippen LogP contribution in [0.15, 0.2) is 10.3 Å². The van der Waals surface area contributed by atoms with Crippen LogP contribution in [0.3, 0.4) is 0 Å². The van der Waals surface area contributed by atoms with Crippen LogP contribution in [0.2, 0.25) is 0 Å². The van der Waals surface area contributed by atoms with E-state index in [1.165, 1.54) is 0 Å². The fraction of sp³-hybridized carbons (Fsp3) is 0.333. The zero-order valence-corrected chi connectivity index (χ0v) is 5.15. The van der Waals surface area contributed by atoms with Gasteiger partial charge in [0.15, 0.2) is 0 Å². The molecule has 0 unspecified atom stereocenters. The smallest absolute Gasteiger partial charge is 0.149 e. The minimum absolute atomic E-state index is 0.725. The molecule has 0 heterocycles. The van der Waals surface area contributed by atoms with Gasteiger partial charge < -0.3 is 4.74 Å². The van der Waals surface area contributed by atoms with E-state index in [0.717, 1.165) is 3.77 Å². The average Bonchev–Trinajstić information content (AvgIpc) is 1.38. The third-order valence-electron chi connectivity index (χ3n) is 0.221. The summed E-state index contributed by atoms with van der Waals surface area (Å²) in [6.07, 6.45) is 0. The van der Waals surface area contributed by atoms with E-state index < -0.39 is 0 Å². The van der Waals surface area contributed by atoms with Gasteiger partial charge in [-0.25, -0.2) is 0 Å². The second-order valence-corrected chi connectivity index (χ2v) is 1.76. The molecule has 0 radical (unpaired) electrons. The molecule has 0 bridgehead atoms. The van der Waals surface area contributed by atoms with E-state index in [-0.39, 0.29) is 0 Å². The molecule has 0 aliphatic rings. The van der Waals surface area contributed by atoms with Gasteiger partial charge in [-0.2, -0.15) is 0 Å². The van der Waals surface area contributed by atoms with Crippen molar-refractivity contribution < 1.29 is 4.74 Å². The highest BCUT2D eigenvalue weighted by Gasteiger charge is 1.68. The van der Waals surface area contributed by atoms with Crippen LogP contribution < -0.4 is 0 Å². The van der Waals surface area contributed by atoms with Gasteiger partial charge in [0.2, 0.25) is 0 Å². The highest BCUT2D eigenvalue weighted by Crippen LogP contribution is 1.98. The van der Waals surface area contributed by atoms with Crippen LogP contribution >= 0.6 is 22.6 Å². The molecule has 2 heteroatoms. The third kappa shape index (κ3) is 4.27. The molecule has 0 spiro atoms.